The summed E-state index contributed by atoms with van der Waals surface area (Å²) in [4.78, 5) is 24.0. The van der Waals surface area contributed by atoms with Crippen molar-refractivity contribution < 1.29 is 29.3 Å². The van der Waals surface area contributed by atoms with E-state index < -0.39 is 11.9 Å². The first kappa shape index (κ1) is 30.7. The second-order valence-electron chi connectivity index (χ2n) is 12.2. The monoisotopic (exact) mass is 654 g/mol. The molecular formula is C44H30O6. The van der Waals surface area contributed by atoms with Gasteiger partial charge < -0.3 is 19.7 Å². The molecule has 242 valence electrons. The molecule has 2 N–H and O–H groups in total. The first-order valence-corrected chi connectivity index (χ1v) is 16.2. The zero-order valence-corrected chi connectivity index (χ0v) is 26.8. The lowest BCUT2D eigenvalue weighted by molar-refractivity contribution is 0.0686. The Balaban J connectivity index is 1.28. The van der Waals surface area contributed by atoms with Crippen molar-refractivity contribution in [2.24, 2.45) is 0 Å². The molecule has 0 aliphatic carbocycles. The van der Waals surface area contributed by atoms with Crippen LogP contribution in [-0.4, -0.2) is 22.2 Å². The first-order valence-electron chi connectivity index (χ1n) is 16.2. The summed E-state index contributed by atoms with van der Waals surface area (Å²) in [6, 6.07) is 46.3. The van der Waals surface area contributed by atoms with E-state index in [4.69, 9.17) is 9.47 Å². The maximum absolute atomic E-state index is 12.0. The number of carboxylic acids is 2. The van der Waals surface area contributed by atoms with Crippen molar-refractivity contribution in [2.45, 2.75) is 13.2 Å². The standard InChI is InChI=1S/C44H30O6/c45-43(46)31-21-29-11-3-5-13-35(29)33(23-31)25-49-39-19-17-27-9-1-7-15-37(27)41(39)42-38-16-8-2-10-28(38)18-20-40(42)50-26-34-24-32(44(47)48)22-30-12-4-6-14-36(30)34/h1-24H,25-26H2,(H,45,46)(H,47,48). The molecule has 8 rings (SSSR count). The minimum absolute atomic E-state index is 0.141. The van der Waals surface area contributed by atoms with Crippen molar-refractivity contribution in [2.75, 3.05) is 0 Å². The first-order chi connectivity index (χ1) is 24.4. The van der Waals surface area contributed by atoms with Crippen molar-refractivity contribution in [1.82, 2.24) is 0 Å². The number of rotatable bonds is 9. The molecule has 0 heterocycles. The average molecular weight is 655 g/mol. The van der Waals surface area contributed by atoms with Gasteiger partial charge in [-0.05, 0) is 90.6 Å². The third-order valence-electron chi connectivity index (χ3n) is 9.19. The molecule has 0 unspecified atom stereocenters. The largest absolute Gasteiger partial charge is 0.488 e. The second-order valence-corrected chi connectivity index (χ2v) is 12.2. The highest BCUT2D eigenvalue weighted by Gasteiger charge is 2.21. The molecular weight excluding hydrogens is 624 g/mol. The molecule has 0 atom stereocenters. The number of hydrogen-bond acceptors (Lipinski definition) is 4. The van der Waals surface area contributed by atoms with Gasteiger partial charge >= 0.3 is 11.9 Å². The fourth-order valence-electron chi connectivity index (χ4n) is 6.84. The zero-order valence-electron chi connectivity index (χ0n) is 26.8. The average Bonchev–Trinajstić information content (AvgIpc) is 3.15. The molecule has 50 heavy (non-hydrogen) atoms. The summed E-state index contributed by atoms with van der Waals surface area (Å²) in [6.07, 6.45) is 0. The predicted octanol–water partition coefficient (Wildman–Crippen LogP) is 10.5. The quantitative estimate of drug-likeness (QED) is 0.161. The van der Waals surface area contributed by atoms with Crippen molar-refractivity contribution >= 4 is 55.0 Å². The highest BCUT2D eigenvalue weighted by Crippen LogP contribution is 2.46. The summed E-state index contributed by atoms with van der Waals surface area (Å²) < 4.78 is 13.4. The summed E-state index contributed by atoms with van der Waals surface area (Å²) in [5.74, 6) is -0.758. The van der Waals surface area contributed by atoms with Crippen molar-refractivity contribution in [3.05, 3.63) is 168 Å². The number of carboxylic acid groups (broad SMARTS) is 2. The van der Waals surface area contributed by atoms with Gasteiger partial charge in [0.05, 0.1) is 11.1 Å². The number of aromatic carboxylic acids is 2. The maximum Gasteiger partial charge on any atom is 0.335 e. The van der Waals surface area contributed by atoms with Crippen LogP contribution in [0.1, 0.15) is 31.8 Å². The van der Waals surface area contributed by atoms with Crippen LogP contribution in [0.15, 0.2) is 146 Å². The normalized spacial score (nSPS) is 11.3. The molecule has 8 aromatic carbocycles. The van der Waals surface area contributed by atoms with Crippen LogP contribution < -0.4 is 9.47 Å². The van der Waals surface area contributed by atoms with Crippen molar-refractivity contribution in [3.63, 3.8) is 0 Å². The minimum atomic E-state index is -0.998. The van der Waals surface area contributed by atoms with E-state index in [9.17, 15) is 19.8 Å². The maximum atomic E-state index is 12.0. The Kier molecular flexibility index (Phi) is 7.82. The molecule has 0 saturated heterocycles. The lowest BCUT2D eigenvalue weighted by atomic mass is 9.92. The fourth-order valence-corrected chi connectivity index (χ4v) is 6.84. The van der Waals surface area contributed by atoms with Crippen LogP contribution in [0.25, 0.3) is 54.2 Å². The van der Waals surface area contributed by atoms with E-state index in [-0.39, 0.29) is 24.3 Å². The van der Waals surface area contributed by atoms with Crippen LogP contribution in [-0.2, 0) is 13.2 Å². The van der Waals surface area contributed by atoms with Crippen molar-refractivity contribution in [1.29, 1.82) is 0 Å². The number of ether oxygens (including phenoxy) is 2. The van der Waals surface area contributed by atoms with Gasteiger partial charge in [-0.3, -0.25) is 0 Å². The Hall–Kier alpha value is -6.66. The summed E-state index contributed by atoms with van der Waals surface area (Å²) >= 11 is 0. The Morgan fingerprint density at radius 1 is 0.420 bits per heavy atom. The Morgan fingerprint density at radius 3 is 1.18 bits per heavy atom. The van der Waals surface area contributed by atoms with E-state index in [0.717, 1.165) is 65.3 Å². The van der Waals surface area contributed by atoms with Crippen LogP contribution >= 0.6 is 0 Å². The number of hydrogen-bond donors (Lipinski definition) is 2. The third-order valence-corrected chi connectivity index (χ3v) is 9.19. The molecule has 8 aromatic rings. The van der Waals surface area contributed by atoms with E-state index in [1.54, 1.807) is 24.3 Å². The fraction of sp³-hybridized carbons (Fsp3) is 0.0455. The number of benzene rings is 8. The van der Waals surface area contributed by atoms with Gasteiger partial charge in [-0.1, -0.05) is 109 Å². The van der Waals surface area contributed by atoms with Gasteiger partial charge in [0.15, 0.2) is 0 Å². The second kappa shape index (κ2) is 12.7. The van der Waals surface area contributed by atoms with Gasteiger partial charge in [-0.2, -0.15) is 0 Å². The third kappa shape index (κ3) is 5.63. The highest BCUT2D eigenvalue weighted by molar-refractivity contribution is 6.10. The molecule has 0 fully saturated rings. The lowest BCUT2D eigenvalue weighted by Gasteiger charge is -2.20. The van der Waals surface area contributed by atoms with Crippen LogP contribution in [0.3, 0.4) is 0 Å². The summed E-state index contributed by atoms with van der Waals surface area (Å²) in [7, 11) is 0. The van der Waals surface area contributed by atoms with E-state index in [1.807, 2.05) is 97.1 Å². The molecule has 0 aromatic heterocycles. The SMILES string of the molecule is O=C(O)c1cc(COc2ccc3ccccc3c2-c2c(OCc3cc(C(=O)O)cc4ccccc34)ccc3ccccc23)c2ccccc2c1. The molecule has 0 aliphatic rings. The summed E-state index contributed by atoms with van der Waals surface area (Å²) in [5.41, 5.74) is 3.62. The molecule has 0 aliphatic heterocycles. The Morgan fingerprint density at radius 2 is 0.780 bits per heavy atom. The lowest BCUT2D eigenvalue weighted by Crippen LogP contribution is -2.04. The van der Waals surface area contributed by atoms with Gasteiger partial charge in [-0.15, -0.1) is 0 Å². The predicted molar refractivity (Wildman–Crippen MR) is 197 cm³/mol. The molecule has 6 nitrogen and oxygen atoms in total. The zero-order chi connectivity index (χ0) is 34.2. The van der Waals surface area contributed by atoms with E-state index in [1.165, 1.54) is 0 Å². The van der Waals surface area contributed by atoms with Gasteiger partial charge in [0.25, 0.3) is 0 Å². The van der Waals surface area contributed by atoms with Gasteiger partial charge in [0.2, 0.25) is 0 Å². The van der Waals surface area contributed by atoms with E-state index >= 15 is 0 Å². The molecule has 0 spiro atoms. The summed E-state index contributed by atoms with van der Waals surface area (Å²) in [6.45, 7) is 0.282. The molecule has 0 bridgehead atoms. The van der Waals surface area contributed by atoms with E-state index in [0.29, 0.717) is 11.5 Å². The minimum Gasteiger partial charge on any atom is -0.488 e. The molecule has 0 saturated carbocycles. The van der Waals surface area contributed by atoms with E-state index in [2.05, 4.69) is 24.3 Å². The van der Waals surface area contributed by atoms with Gasteiger partial charge in [0, 0.05) is 11.1 Å². The highest BCUT2D eigenvalue weighted by atomic mass is 16.5. The summed E-state index contributed by atoms with van der Waals surface area (Å²) in [5, 5.41) is 27.2. The van der Waals surface area contributed by atoms with Crippen LogP contribution in [0.2, 0.25) is 0 Å². The van der Waals surface area contributed by atoms with Crippen LogP contribution in [0.4, 0.5) is 0 Å². The number of fused-ring (bicyclic) bond motifs is 4. The smallest absolute Gasteiger partial charge is 0.335 e. The molecule has 0 amide bonds. The van der Waals surface area contributed by atoms with Gasteiger partial charge in [0.1, 0.15) is 24.7 Å². The van der Waals surface area contributed by atoms with Crippen molar-refractivity contribution in [3.8, 4) is 22.6 Å². The van der Waals surface area contributed by atoms with Gasteiger partial charge in [-0.25, -0.2) is 9.59 Å². The number of carbonyl (C=O) groups is 2. The molecule has 0 radical (unpaired) electrons. The van der Waals surface area contributed by atoms with Crippen LogP contribution in [0.5, 0.6) is 11.5 Å². The topological polar surface area (TPSA) is 93.1 Å². The van der Waals surface area contributed by atoms with Crippen LogP contribution in [0, 0.1) is 0 Å². The Bertz CT molecular complexity index is 2440. The Labute approximate surface area is 287 Å². The molecule has 6 heteroatoms.